The molecule has 2 N–H and O–H groups in total. The van der Waals surface area contributed by atoms with Crippen molar-refractivity contribution in [2.24, 2.45) is 23.2 Å². The second-order valence-corrected chi connectivity index (χ2v) is 9.44. The van der Waals surface area contributed by atoms with Crippen molar-refractivity contribution in [1.29, 1.82) is 0 Å². The summed E-state index contributed by atoms with van der Waals surface area (Å²) in [5.74, 6) is 2.03. The third kappa shape index (κ3) is 3.44. The molecule has 6 heteroatoms. The minimum atomic E-state index is -0.452. The lowest BCUT2D eigenvalue weighted by molar-refractivity contribution is -0.130. The molecule has 4 saturated carbocycles. The lowest BCUT2D eigenvalue weighted by Gasteiger charge is -2.56. The first-order chi connectivity index (χ1) is 14.0. The van der Waals surface area contributed by atoms with Crippen LogP contribution in [0, 0.1) is 23.2 Å². The lowest BCUT2D eigenvalue weighted by Crippen LogP contribution is -2.50. The predicted molar refractivity (Wildman–Crippen MR) is 108 cm³/mol. The summed E-state index contributed by atoms with van der Waals surface area (Å²) in [4.78, 5) is 25.4. The minimum Gasteiger partial charge on any atom is -0.450 e. The minimum absolute atomic E-state index is 0.107. The second kappa shape index (κ2) is 7.17. The third-order valence-corrected chi connectivity index (χ3v) is 7.21. The summed E-state index contributed by atoms with van der Waals surface area (Å²) in [5, 5.41) is 0.847. The van der Waals surface area contributed by atoms with Gasteiger partial charge in [-0.2, -0.15) is 0 Å². The van der Waals surface area contributed by atoms with Gasteiger partial charge in [0.1, 0.15) is 5.58 Å². The zero-order chi connectivity index (χ0) is 20.0. The molecular formula is C23H28N2O4. The van der Waals surface area contributed by atoms with Gasteiger partial charge in [0.2, 0.25) is 5.91 Å². The van der Waals surface area contributed by atoms with Crippen molar-refractivity contribution in [3.05, 3.63) is 35.6 Å². The highest BCUT2D eigenvalue weighted by molar-refractivity contribution is 5.99. The van der Waals surface area contributed by atoms with E-state index in [1.807, 2.05) is 24.3 Å². The van der Waals surface area contributed by atoms with Crippen molar-refractivity contribution in [1.82, 2.24) is 10.9 Å². The SMILES string of the molecule is COCc1c(C(=O)NNC(=O)CC23CC4CC(CC(C4)C2)C3)oc2ccccc12. The van der Waals surface area contributed by atoms with E-state index in [2.05, 4.69) is 10.9 Å². The Morgan fingerprint density at radius 1 is 1.07 bits per heavy atom. The van der Waals surface area contributed by atoms with Crippen molar-refractivity contribution in [3.63, 3.8) is 0 Å². The zero-order valence-corrected chi connectivity index (χ0v) is 16.8. The van der Waals surface area contributed by atoms with Crippen LogP contribution in [0.4, 0.5) is 0 Å². The highest BCUT2D eigenvalue weighted by Gasteiger charge is 2.51. The van der Waals surface area contributed by atoms with Gasteiger partial charge in [0.15, 0.2) is 5.76 Å². The number of ether oxygens (including phenoxy) is 1. The molecule has 0 atom stereocenters. The predicted octanol–water partition coefficient (Wildman–Crippen LogP) is 3.95. The van der Waals surface area contributed by atoms with E-state index in [-0.39, 0.29) is 23.7 Å². The van der Waals surface area contributed by atoms with Crippen molar-refractivity contribution < 1.29 is 18.7 Å². The van der Waals surface area contributed by atoms with Crippen LogP contribution < -0.4 is 10.9 Å². The average Bonchev–Trinajstić information content (AvgIpc) is 3.04. The quantitative estimate of drug-likeness (QED) is 0.750. The van der Waals surface area contributed by atoms with E-state index >= 15 is 0 Å². The lowest BCUT2D eigenvalue weighted by atomic mass is 9.49. The zero-order valence-electron chi connectivity index (χ0n) is 16.8. The van der Waals surface area contributed by atoms with Crippen LogP contribution >= 0.6 is 0 Å². The Balaban J connectivity index is 1.25. The van der Waals surface area contributed by atoms with Crippen molar-refractivity contribution in [2.75, 3.05) is 7.11 Å². The molecule has 0 aliphatic heterocycles. The second-order valence-electron chi connectivity index (χ2n) is 9.44. The molecule has 4 bridgehead atoms. The van der Waals surface area contributed by atoms with Crippen molar-refractivity contribution in [3.8, 4) is 0 Å². The Kier molecular flexibility index (Phi) is 4.62. The smallest absolute Gasteiger partial charge is 0.305 e. The molecule has 6 rings (SSSR count). The fourth-order valence-corrected chi connectivity index (χ4v) is 6.64. The van der Waals surface area contributed by atoms with Crippen molar-refractivity contribution in [2.45, 2.75) is 51.6 Å². The summed E-state index contributed by atoms with van der Waals surface area (Å²) in [6.07, 6.45) is 8.07. The van der Waals surface area contributed by atoms with Crippen LogP contribution in [0.1, 0.15) is 61.1 Å². The summed E-state index contributed by atoms with van der Waals surface area (Å²) >= 11 is 0. The Morgan fingerprint density at radius 2 is 1.72 bits per heavy atom. The van der Waals surface area contributed by atoms with Gasteiger partial charge in [-0.1, -0.05) is 18.2 Å². The van der Waals surface area contributed by atoms with Gasteiger partial charge < -0.3 is 9.15 Å². The highest BCUT2D eigenvalue weighted by Crippen LogP contribution is 2.61. The standard InChI is InChI=1S/C23H28N2O4/c1-28-13-18-17-4-2-3-5-19(17)29-21(18)22(27)25-24-20(26)12-23-9-14-6-15(10-23)8-16(7-14)11-23/h2-5,14-16H,6-13H2,1H3,(H,24,26)(H,25,27). The molecule has 4 aliphatic carbocycles. The summed E-state index contributed by atoms with van der Waals surface area (Å²) < 4.78 is 11.0. The summed E-state index contributed by atoms with van der Waals surface area (Å²) in [5.41, 5.74) is 6.65. The number of rotatable bonds is 5. The number of carbonyl (C=O) groups excluding carboxylic acids is 2. The van der Waals surface area contributed by atoms with Gasteiger partial charge in [-0.05, 0) is 67.8 Å². The van der Waals surface area contributed by atoms with Gasteiger partial charge in [-0.3, -0.25) is 20.4 Å². The molecule has 2 amide bonds. The van der Waals surface area contributed by atoms with E-state index < -0.39 is 5.91 Å². The highest BCUT2D eigenvalue weighted by atomic mass is 16.5. The van der Waals surface area contributed by atoms with E-state index in [0.29, 0.717) is 17.6 Å². The number of amides is 2. The molecule has 2 aromatic rings. The number of hydrazine groups is 1. The summed E-state index contributed by atoms with van der Waals surface area (Å²) in [7, 11) is 1.58. The number of furan rings is 1. The molecular weight excluding hydrogens is 368 g/mol. The molecule has 0 radical (unpaired) electrons. The first kappa shape index (κ1) is 18.7. The number of nitrogens with one attached hydrogen (secondary N) is 2. The van der Waals surface area contributed by atoms with Gasteiger partial charge >= 0.3 is 5.91 Å². The number of hydrogen-bond acceptors (Lipinski definition) is 4. The largest absolute Gasteiger partial charge is 0.450 e. The summed E-state index contributed by atoms with van der Waals surface area (Å²) in [6, 6.07) is 7.47. The topological polar surface area (TPSA) is 80.6 Å². The third-order valence-electron chi connectivity index (χ3n) is 7.21. The fraction of sp³-hybridized carbons (Fsp3) is 0.565. The van der Waals surface area contributed by atoms with Gasteiger partial charge in [0, 0.05) is 24.5 Å². The Morgan fingerprint density at radius 3 is 2.38 bits per heavy atom. The van der Waals surface area contributed by atoms with Crippen LogP contribution in [0.5, 0.6) is 0 Å². The Hall–Kier alpha value is -2.34. The molecule has 29 heavy (non-hydrogen) atoms. The number of carbonyl (C=O) groups is 2. The molecule has 4 aliphatic rings. The first-order valence-electron chi connectivity index (χ1n) is 10.6. The number of fused-ring (bicyclic) bond motifs is 1. The first-order valence-corrected chi connectivity index (χ1v) is 10.6. The van der Waals surface area contributed by atoms with E-state index in [9.17, 15) is 9.59 Å². The van der Waals surface area contributed by atoms with Crippen molar-refractivity contribution >= 4 is 22.8 Å². The molecule has 4 fully saturated rings. The van der Waals surface area contributed by atoms with Gasteiger partial charge in [0.05, 0.1) is 6.61 Å². The molecule has 0 spiro atoms. The monoisotopic (exact) mass is 396 g/mol. The maximum absolute atomic E-state index is 12.7. The van der Waals surface area contributed by atoms with Gasteiger partial charge in [-0.25, -0.2) is 0 Å². The molecule has 1 aromatic heterocycles. The maximum atomic E-state index is 12.7. The van der Waals surface area contributed by atoms with Crippen LogP contribution in [-0.2, 0) is 16.1 Å². The van der Waals surface area contributed by atoms with Crippen LogP contribution in [0.3, 0.4) is 0 Å². The normalized spacial score (nSPS) is 29.9. The van der Waals surface area contributed by atoms with Crippen LogP contribution in [-0.4, -0.2) is 18.9 Å². The number of hydrogen-bond donors (Lipinski definition) is 2. The number of methoxy groups -OCH3 is 1. The van der Waals surface area contributed by atoms with Crippen LogP contribution in [0.15, 0.2) is 28.7 Å². The molecule has 1 heterocycles. The molecule has 1 aromatic carbocycles. The number of para-hydroxylation sites is 1. The molecule has 6 nitrogen and oxygen atoms in total. The molecule has 0 unspecified atom stereocenters. The molecule has 0 saturated heterocycles. The van der Waals surface area contributed by atoms with Gasteiger partial charge in [0.25, 0.3) is 0 Å². The van der Waals surface area contributed by atoms with E-state index in [4.69, 9.17) is 9.15 Å². The van der Waals surface area contributed by atoms with E-state index in [1.165, 1.54) is 38.5 Å². The van der Waals surface area contributed by atoms with Gasteiger partial charge in [-0.15, -0.1) is 0 Å². The van der Waals surface area contributed by atoms with E-state index in [0.717, 1.165) is 23.1 Å². The molecule has 154 valence electrons. The van der Waals surface area contributed by atoms with Crippen LogP contribution in [0.2, 0.25) is 0 Å². The maximum Gasteiger partial charge on any atom is 0.305 e. The fourth-order valence-electron chi connectivity index (χ4n) is 6.64. The van der Waals surface area contributed by atoms with Crippen LogP contribution in [0.25, 0.3) is 11.0 Å². The average molecular weight is 396 g/mol. The summed E-state index contributed by atoms with van der Waals surface area (Å²) in [6.45, 7) is 0.265. The number of benzene rings is 1. The Labute approximate surface area is 170 Å². The Bertz CT molecular complexity index is 912. The van der Waals surface area contributed by atoms with E-state index in [1.54, 1.807) is 7.11 Å².